The van der Waals surface area contributed by atoms with Crippen LogP contribution in [0.5, 0.6) is 5.75 Å². The molecule has 1 aliphatic carbocycles. The normalized spacial score (nSPS) is 19.5. The number of piperidine rings is 1. The third-order valence-corrected chi connectivity index (χ3v) is 7.18. The second-order valence-corrected chi connectivity index (χ2v) is 9.21. The van der Waals surface area contributed by atoms with Crippen LogP contribution in [0.4, 0.5) is 0 Å². The summed E-state index contributed by atoms with van der Waals surface area (Å²) in [5.74, 6) is 1.81. The molecule has 3 aliphatic rings. The minimum Gasteiger partial charge on any atom is -0.480 e. The number of aromatic nitrogens is 2. The van der Waals surface area contributed by atoms with Crippen LogP contribution < -0.4 is 4.74 Å². The van der Waals surface area contributed by atoms with E-state index in [1.165, 1.54) is 18.5 Å². The van der Waals surface area contributed by atoms with E-state index in [1.54, 1.807) is 11.3 Å². The highest BCUT2D eigenvalue weighted by molar-refractivity contribution is 7.08. The van der Waals surface area contributed by atoms with Crippen LogP contribution >= 0.6 is 11.3 Å². The first-order valence-electron chi connectivity index (χ1n) is 10.4. The minimum atomic E-state index is -0.402. The summed E-state index contributed by atoms with van der Waals surface area (Å²) in [6.07, 6.45) is 6.20. The van der Waals surface area contributed by atoms with Gasteiger partial charge >= 0.3 is 0 Å². The summed E-state index contributed by atoms with van der Waals surface area (Å²) in [4.78, 5) is 19.6. The molecule has 3 aromatic rings. The Hall–Kier alpha value is -2.60. The van der Waals surface area contributed by atoms with Crippen LogP contribution in [0, 0.1) is 5.92 Å². The van der Waals surface area contributed by atoms with E-state index in [-0.39, 0.29) is 5.91 Å². The molecule has 0 unspecified atom stereocenters. The van der Waals surface area contributed by atoms with Crippen LogP contribution in [0.1, 0.15) is 41.7 Å². The molecule has 29 heavy (non-hydrogen) atoms. The summed E-state index contributed by atoms with van der Waals surface area (Å²) in [5.41, 5.74) is 3.75. The Morgan fingerprint density at radius 1 is 1.21 bits per heavy atom. The number of hydrogen-bond acceptors (Lipinski definition) is 4. The van der Waals surface area contributed by atoms with Crippen molar-refractivity contribution >= 4 is 17.2 Å². The Kier molecular flexibility index (Phi) is 3.85. The fourth-order valence-corrected chi connectivity index (χ4v) is 5.39. The Labute approximate surface area is 173 Å². The van der Waals surface area contributed by atoms with E-state index in [4.69, 9.17) is 9.72 Å². The van der Waals surface area contributed by atoms with Crippen molar-refractivity contribution in [2.45, 2.75) is 37.8 Å². The van der Waals surface area contributed by atoms with Crippen molar-refractivity contribution in [2.24, 2.45) is 5.92 Å². The van der Waals surface area contributed by atoms with Gasteiger partial charge in [-0.3, -0.25) is 4.79 Å². The maximum Gasteiger partial charge on any atom is 0.254 e. The van der Waals surface area contributed by atoms with Crippen molar-refractivity contribution in [1.29, 1.82) is 0 Å². The molecular formula is C23H23N3O2S. The molecule has 1 saturated heterocycles. The Morgan fingerprint density at radius 2 is 2.03 bits per heavy atom. The molecule has 1 amide bonds. The number of ether oxygens (including phenoxy) is 1. The first-order chi connectivity index (χ1) is 14.2. The fraction of sp³-hybridized carbons (Fsp3) is 0.391. The molecule has 6 heteroatoms. The van der Waals surface area contributed by atoms with Gasteiger partial charge in [-0.05, 0) is 42.3 Å². The number of fused-ring (bicyclic) bond motifs is 4. The lowest BCUT2D eigenvalue weighted by atomic mass is 9.83. The number of carbonyl (C=O) groups is 1. The van der Waals surface area contributed by atoms with Crippen molar-refractivity contribution in [1.82, 2.24) is 14.5 Å². The van der Waals surface area contributed by atoms with Crippen LogP contribution in [0.3, 0.4) is 0 Å². The van der Waals surface area contributed by atoms with Gasteiger partial charge in [0.15, 0.2) is 5.60 Å². The maximum atomic E-state index is 12.8. The Morgan fingerprint density at radius 3 is 2.79 bits per heavy atom. The molecule has 0 radical (unpaired) electrons. The molecule has 0 bridgehead atoms. The average molecular weight is 406 g/mol. The predicted octanol–water partition coefficient (Wildman–Crippen LogP) is 4.55. The van der Waals surface area contributed by atoms with Gasteiger partial charge in [0.05, 0.1) is 23.3 Å². The Balaban J connectivity index is 1.35. The number of likely N-dealkylation sites (tertiary alicyclic amines) is 1. The van der Waals surface area contributed by atoms with Crippen molar-refractivity contribution in [3.05, 3.63) is 58.7 Å². The van der Waals surface area contributed by atoms with Gasteiger partial charge in [-0.15, -0.1) is 0 Å². The van der Waals surface area contributed by atoms with Crippen molar-refractivity contribution < 1.29 is 9.53 Å². The monoisotopic (exact) mass is 405 g/mol. The van der Waals surface area contributed by atoms with E-state index in [0.717, 1.165) is 47.9 Å². The highest BCUT2D eigenvalue weighted by Gasteiger charge is 2.47. The maximum absolute atomic E-state index is 12.8. The van der Waals surface area contributed by atoms with E-state index in [9.17, 15) is 4.79 Å². The third-order valence-electron chi connectivity index (χ3n) is 6.50. The van der Waals surface area contributed by atoms with Crippen LogP contribution in [-0.4, -0.2) is 33.4 Å². The summed E-state index contributed by atoms with van der Waals surface area (Å²) >= 11 is 1.57. The van der Waals surface area contributed by atoms with Crippen molar-refractivity contribution in [3.8, 4) is 17.0 Å². The second-order valence-electron chi connectivity index (χ2n) is 8.43. The first-order valence-corrected chi connectivity index (χ1v) is 11.3. The number of thiophene rings is 1. The highest BCUT2D eigenvalue weighted by atomic mass is 32.1. The lowest BCUT2D eigenvalue weighted by Gasteiger charge is -2.44. The second kappa shape index (κ2) is 6.46. The molecule has 1 saturated carbocycles. The summed E-state index contributed by atoms with van der Waals surface area (Å²) in [6, 6.07) is 10.1. The molecule has 4 heterocycles. The number of rotatable bonds is 3. The highest BCUT2D eigenvalue weighted by Crippen LogP contribution is 2.49. The van der Waals surface area contributed by atoms with Crippen LogP contribution in [-0.2, 0) is 12.1 Å². The summed E-state index contributed by atoms with van der Waals surface area (Å²) in [6.45, 7) is 2.42. The number of para-hydroxylation sites is 1. The first kappa shape index (κ1) is 17.3. The molecule has 2 fully saturated rings. The molecular weight excluding hydrogens is 382 g/mol. The minimum absolute atomic E-state index is 0.129. The number of nitrogens with zero attached hydrogens (tertiary/aromatic N) is 3. The largest absolute Gasteiger partial charge is 0.480 e. The number of hydrogen-bond donors (Lipinski definition) is 0. The molecule has 0 atom stereocenters. The summed E-state index contributed by atoms with van der Waals surface area (Å²) in [5, 5.41) is 3.89. The molecule has 2 aromatic heterocycles. The predicted molar refractivity (Wildman–Crippen MR) is 112 cm³/mol. The van der Waals surface area contributed by atoms with E-state index in [1.807, 2.05) is 46.3 Å². The van der Waals surface area contributed by atoms with E-state index in [2.05, 4.69) is 10.6 Å². The number of amides is 1. The van der Waals surface area contributed by atoms with Crippen LogP contribution in [0.2, 0.25) is 0 Å². The molecule has 6 rings (SSSR count). The fourth-order valence-electron chi connectivity index (χ4n) is 4.76. The standard InChI is InChI=1S/C23H23N3O2S/c27-22(17-7-12-29-14-17)25-10-8-23(9-11-25)21-20(18-3-1-2-4-19(18)28-23)24-15-26(21)13-16-5-6-16/h1-4,7,12,14-16H,5-6,8-11,13H2. The lowest BCUT2D eigenvalue weighted by Crippen LogP contribution is -2.50. The van der Waals surface area contributed by atoms with E-state index in [0.29, 0.717) is 13.1 Å². The summed E-state index contributed by atoms with van der Waals surface area (Å²) in [7, 11) is 0. The third kappa shape index (κ3) is 2.81. The average Bonchev–Trinajstić information content (AvgIpc) is 3.22. The van der Waals surface area contributed by atoms with Gasteiger partial charge in [-0.2, -0.15) is 11.3 Å². The van der Waals surface area contributed by atoms with Crippen LogP contribution in [0.25, 0.3) is 11.3 Å². The zero-order valence-corrected chi connectivity index (χ0v) is 17.0. The quantitative estimate of drug-likeness (QED) is 0.642. The molecule has 1 spiro atoms. The van der Waals surface area contributed by atoms with Gasteiger partial charge < -0.3 is 14.2 Å². The molecule has 1 aromatic carbocycles. The smallest absolute Gasteiger partial charge is 0.254 e. The zero-order chi connectivity index (χ0) is 19.4. The van der Waals surface area contributed by atoms with E-state index >= 15 is 0 Å². The number of imidazole rings is 1. The Bertz CT molecular complexity index is 1060. The summed E-state index contributed by atoms with van der Waals surface area (Å²) < 4.78 is 9.04. The zero-order valence-electron chi connectivity index (χ0n) is 16.2. The number of carbonyl (C=O) groups excluding carboxylic acids is 1. The van der Waals surface area contributed by atoms with Gasteiger partial charge in [0.25, 0.3) is 5.91 Å². The van der Waals surface area contributed by atoms with Crippen molar-refractivity contribution in [3.63, 3.8) is 0 Å². The molecule has 148 valence electrons. The SMILES string of the molecule is O=C(c1ccsc1)N1CCC2(CC1)Oc1ccccc1-c1ncn(CC3CC3)c12. The van der Waals surface area contributed by atoms with Gasteiger partial charge in [0, 0.05) is 43.4 Å². The molecule has 2 aliphatic heterocycles. The topological polar surface area (TPSA) is 47.4 Å². The van der Waals surface area contributed by atoms with Crippen LogP contribution in [0.15, 0.2) is 47.4 Å². The van der Waals surface area contributed by atoms with Gasteiger partial charge in [0.2, 0.25) is 0 Å². The van der Waals surface area contributed by atoms with Gasteiger partial charge in [0.1, 0.15) is 5.75 Å². The molecule has 0 N–H and O–H groups in total. The van der Waals surface area contributed by atoms with Gasteiger partial charge in [-0.1, -0.05) is 12.1 Å². The lowest BCUT2D eigenvalue weighted by molar-refractivity contribution is -0.00742. The van der Waals surface area contributed by atoms with Crippen molar-refractivity contribution in [2.75, 3.05) is 13.1 Å². The molecule has 5 nitrogen and oxygen atoms in total. The van der Waals surface area contributed by atoms with E-state index < -0.39 is 5.60 Å². The number of benzene rings is 1. The van der Waals surface area contributed by atoms with Gasteiger partial charge in [-0.25, -0.2) is 4.98 Å².